The third-order valence-electron chi connectivity index (χ3n) is 8.59. The molecule has 0 rings (SSSR count). The Bertz CT molecular complexity index is 671. The summed E-state index contributed by atoms with van der Waals surface area (Å²) in [5.41, 5.74) is 0. The Morgan fingerprint density at radius 1 is 0.347 bits per heavy atom. The van der Waals surface area contributed by atoms with Gasteiger partial charge in [-0.3, -0.25) is 9.59 Å². The van der Waals surface area contributed by atoms with Crippen LogP contribution in [0.15, 0.2) is 0 Å². The number of hydrogen-bond acceptors (Lipinski definition) is 8. The second kappa shape index (κ2) is 44.5. The van der Waals surface area contributed by atoms with E-state index in [4.69, 9.17) is 9.47 Å². The number of carboxylic acids is 2. The summed E-state index contributed by atoms with van der Waals surface area (Å²) in [5.74, 6) is -3.28. The van der Waals surface area contributed by atoms with Crippen molar-refractivity contribution in [1.29, 1.82) is 0 Å². The van der Waals surface area contributed by atoms with Crippen molar-refractivity contribution in [3.63, 3.8) is 0 Å². The summed E-state index contributed by atoms with van der Waals surface area (Å²) in [5, 5.41) is 20.4. The molecule has 0 radical (unpaired) electrons. The SMILES string of the molecule is CCCCCCCCCCCCCCCCOC(=O)CCC(=O)[O-].CCCCCCCCCCCCCCCCOC(=O)CCC(=O)[O-].[Zn+2]. The zero-order chi connectivity index (χ0) is 35.8. The van der Waals surface area contributed by atoms with Gasteiger partial charge in [0.25, 0.3) is 0 Å². The third-order valence-corrected chi connectivity index (χ3v) is 8.59. The number of aliphatic carboxylic acids is 2. The third kappa shape index (κ3) is 51.0. The molecule has 0 unspecified atom stereocenters. The number of unbranched alkanes of at least 4 members (excludes halogenated alkanes) is 26. The molecule has 0 amide bonds. The van der Waals surface area contributed by atoms with Crippen molar-refractivity contribution >= 4 is 23.9 Å². The van der Waals surface area contributed by atoms with Gasteiger partial charge in [0.1, 0.15) is 0 Å². The molecule has 0 N–H and O–H groups in total. The van der Waals surface area contributed by atoms with Gasteiger partial charge in [-0.2, -0.15) is 0 Å². The van der Waals surface area contributed by atoms with Crippen LogP contribution in [0.2, 0.25) is 0 Å². The van der Waals surface area contributed by atoms with Crippen molar-refractivity contribution in [3.05, 3.63) is 0 Å². The van der Waals surface area contributed by atoms with E-state index >= 15 is 0 Å². The number of ether oxygens (including phenoxy) is 2. The van der Waals surface area contributed by atoms with Gasteiger partial charge in [0.05, 0.1) is 26.1 Å². The Morgan fingerprint density at radius 3 is 0.755 bits per heavy atom. The largest absolute Gasteiger partial charge is 2.00 e. The normalized spacial score (nSPS) is 10.5. The van der Waals surface area contributed by atoms with Crippen LogP contribution >= 0.6 is 0 Å². The van der Waals surface area contributed by atoms with E-state index in [2.05, 4.69) is 13.8 Å². The van der Waals surface area contributed by atoms with Crippen molar-refractivity contribution < 1.29 is 58.3 Å². The Balaban J connectivity index is -0.000000846. The van der Waals surface area contributed by atoms with Crippen molar-refractivity contribution in [2.45, 2.75) is 219 Å². The number of carboxylic acid groups (broad SMARTS) is 2. The first-order valence-electron chi connectivity index (χ1n) is 20.0. The molecular weight excluding hydrogens is 674 g/mol. The van der Waals surface area contributed by atoms with E-state index in [0.717, 1.165) is 25.7 Å². The van der Waals surface area contributed by atoms with Gasteiger partial charge in [-0.25, -0.2) is 0 Å². The number of carbonyl (C=O) groups is 4. The topological polar surface area (TPSA) is 133 Å². The molecule has 49 heavy (non-hydrogen) atoms. The van der Waals surface area contributed by atoms with Crippen molar-refractivity contribution in [2.75, 3.05) is 13.2 Å². The van der Waals surface area contributed by atoms with Crippen molar-refractivity contribution in [1.82, 2.24) is 0 Å². The molecule has 9 heteroatoms. The minimum Gasteiger partial charge on any atom is -0.550 e. The summed E-state index contributed by atoms with van der Waals surface area (Å²) in [6.07, 6.45) is 35.6. The molecule has 0 saturated heterocycles. The fourth-order valence-corrected chi connectivity index (χ4v) is 5.52. The van der Waals surface area contributed by atoms with Gasteiger partial charge in [-0.15, -0.1) is 0 Å². The van der Waals surface area contributed by atoms with Crippen LogP contribution in [0.5, 0.6) is 0 Å². The van der Waals surface area contributed by atoms with Gasteiger partial charge in [0, 0.05) is 11.9 Å². The molecule has 0 aromatic carbocycles. The minimum absolute atomic E-state index is 0. The van der Waals surface area contributed by atoms with E-state index in [-0.39, 0.29) is 45.2 Å². The summed E-state index contributed by atoms with van der Waals surface area (Å²) in [6, 6.07) is 0. The summed E-state index contributed by atoms with van der Waals surface area (Å²) in [4.78, 5) is 42.7. The monoisotopic (exact) mass is 746 g/mol. The molecule has 0 saturated carbocycles. The molecular formula is C40H74O8Zn. The van der Waals surface area contributed by atoms with Crippen LogP contribution in [0.1, 0.15) is 219 Å². The summed E-state index contributed by atoms with van der Waals surface area (Å²) in [6.45, 7) is 5.33. The summed E-state index contributed by atoms with van der Waals surface area (Å²) in [7, 11) is 0. The van der Waals surface area contributed by atoms with Crippen LogP contribution < -0.4 is 10.2 Å². The molecule has 0 aliphatic heterocycles. The fourth-order valence-electron chi connectivity index (χ4n) is 5.52. The molecule has 0 bridgehead atoms. The van der Waals surface area contributed by atoms with Gasteiger partial charge >= 0.3 is 31.4 Å². The van der Waals surface area contributed by atoms with Crippen LogP contribution in [0.25, 0.3) is 0 Å². The predicted molar refractivity (Wildman–Crippen MR) is 191 cm³/mol. The molecule has 0 heterocycles. The van der Waals surface area contributed by atoms with Crippen molar-refractivity contribution in [2.24, 2.45) is 0 Å². The summed E-state index contributed by atoms with van der Waals surface area (Å²) >= 11 is 0. The molecule has 0 aromatic heterocycles. The molecule has 0 fully saturated rings. The van der Waals surface area contributed by atoms with Gasteiger partial charge in [-0.05, 0) is 25.7 Å². The summed E-state index contributed by atoms with van der Waals surface area (Å²) < 4.78 is 9.94. The van der Waals surface area contributed by atoms with E-state index in [0.29, 0.717) is 13.2 Å². The Morgan fingerprint density at radius 2 is 0.551 bits per heavy atom. The predicted octanol–water partition coefficient (Wildman–Crippen LogP) is 9.08. The number of hydrogen-bond donors (Lipinski definition) is 0. The van der Waals surface area contributed by atoms with Crippen LogP contribution in [0.3, 0.4) is 0 Å². The maximum absolute atomic E-state index is 11.2. The van der Waals surface area contributed by atoms with E-state index in [1.165, 1.54) is 154 Å². The van der Waals surface area contributed by atoms with E-state index in [1.54, 1.807) is 0 Å². The number of rotatable bonds is 36. The van der Waals surface area contributed by atoms with E-state index < -0.39 is 23.9 Å². The molecule has 0 spiro atoms. The second-order valence-electron chi connectivity index (χ2n) is 13.4. The number of carbonyl (C=O) groups excluding carboxylic acids is 4. The molecule has 0 aromatic rings. The Labute approximate surface area is 313 Å². The molecule has 0 aliphatic carbocycles. The maximum atomic E-state index is 11.2. The van der Waals surface area contributed by atoms with Crippen LogP contribution in [-0.4, -0.2) is 37.1 Å². The molecule has 0 aliphatic rings. The zero-order valence-electron chi connectivity index (χ0n) is 32.0. The quantitative estimate of drug-likeness (QED) is 0.0352. The molecule has 8 nitrogen and oxygen atoms in total. The second-order valence-corrected chi connectivity index (χ2v) is 13.4. The van der Waals surface area contributed by atoms with Gasteiger partial charge in [-0.1, -0.05) is 181 Å². The minimum atomic E-state index is -1.21. The van der Waals surface area contributed by atoms with Gasteiger partial charge in [0.15, 0.2) is 0 Å². The molecule has 0 atom stereocenters. The Hall–Kier alpha value is -1.50. The van der Waals surface area contributed by atoms with E-state index in [9.17, 15) is 29.4 Å². The average molecular weight is 748 g/mol. The first-order valence-corrected chi connectivity index (χ1v) is 20.0. The smallest absolute Gasteiger partial charge is 0.550 e. The maximum Gasteiger partial charge on any atom is 2.00 e. The Kier molecular flexibility index (Phi) is 47.1. The standard InChI is InChI=1S/2C20H38O4.Zn/c2*1-2-3-4-5-6-7-8-9-10-11-12-13-14-15-18-24-20(23)17-16-19(21)22;/h2*2-18H2,1H3,(H,21,22);/q;;+2/p-2. The van der Waals surface area contributed by atoms with Crippen molar-refractivity contribution in [3.8, 4) is 0 Å². The van der Waals surface area contributed by atoms with E-state index in [1.807, 2.05) is 0 Å². The zero-order valence-corrected chi connectivity index (χ0v) is 35.0. The first kappa shape index (κ1) is 51.9. The fraction of sp³-hybridized carbons (Fsp3) is 0.900. The first-order chi connectivity index (χ1) is 23.3. The van der Waals surface area contributed by atoms with Gasteiger partial charge < -0.3 is 29.3 Å². The van der Waals surface area contributed by atoms with Crippen LogP contribution in [0.4, 0.5) is 0 Å². The van der Waals surface area contributed by atoms with Gasteiger partial charge in [0.2, 0.25) is 0 Å². The number of esters is 2. The molecule has 284 valence electrons. The van der Waals surface area contributed by atoms with Crippen LogP contribution in [0, 0.1) is 0 Å². The average Bonchev–Trinajstić information content (AvgIpc) is 3.06. The van der Waals surface area contributed by atoms with Crippen LogP contribution in [-0.2, 0) is 48.1 Å².